The van der Waals surface area contributed by atoms with E-state index in [4.69, 9.17) is 18.9 Å². The number of hydrogen-bond acceptors (Lipinski definition) is 5. The molecule has 0 saturated carbocycles. The lowest BCUT2D eigenvalue weighted by molar-refractivity contribution is 0.0203. The van der Waals surface area contributed by atoms with Gasteiger partial charge in [-0.3, -0.25) is 4.99 Å². The molecule has 31 heavy (non-hydrogen) atoms. The van der Waals surface area contributed by atoms with Crippen LogP contribution in [0.2, 0.25) is 0 Å². The highest BCUT2D eigenvalue weighted by Gasteiger charge is 2.24. The van der Waals surface area contributed by atoms with Crippen LogP contribution in [0, 0.1) is 5.92 Å². The van der Waals surface area contributed by atoms with Crippen molar-refractivity contribution in [1.82, 2.24) is 10.6 Å². The maximum atomic E-state index is 5.83. The molecule has 8 heteroatoms. The molecule has 1 fully saturated rings. The van der Waals surface area contributed by atoms with Gasteiger partial charge in [0, 0.05) is 52.0 Å². The normalized spacial score (nSPS) is 17.1. The quantitative estimate of drug-likeness (QED) is 0.214. The van der Waals surface area contributed by atoms with Crippen LogP contribution >= 0.6 is 24.0 Å². The zero-order valence-electron chi connectivity index (χ0n) is 19.1. The minimum atomic E-state index is -0.0831. The Morgan fingerprint density at radius 1 is 1.10 bits per heavy atom. The number of benzene rings is 1. The molecule has 2 aliphatic rings. The van der Waals surface area contributed by atoms with Crippen molar-refractivity contribution in [3.63, 3.8) is 0 Å². The van der Waals surface area contributed by atoms with Crippen LogP contribution in [0.15, 0.2) is 23.2 Å². The Bertz CT molecular complexity index is 693. The summed E-state index contributed by atoms with van der Waals surface area (Å²) in [7, 11) is 1.80. The van der Waals surface area contributed by atoms with Crippen LogP contribution in [0.3, 0.4) is 0 Å². The first-order valence-electron chi connectivity index (χ1n) is 11.1. The molecule has 0 atom stereocenters. The van der Waals surface area contributed by atoms with Crippen molar-refractivity contribution in [3.05, 3.63) is 23.8 Å². The number of rotatable bonds is 9. The van der Waals surface area contributed by atoms with E-state index in [-0.39, 0.29) is 29.4 Å². The van der Waals surface area contributed by atoms with Gasteiger partial charge in [0.25, 0.3) is 0 Å². The monoisotopic (exact) mass is 547 g/mol. The van der Waals surface area contributed by atoms with E-state index in [9.17, 15) is 0 Å². The van der Waals surface area contributed by atoms with Crippen LogP contribution in [-0.2, 0) is 14.9 Å². The Kier molecular flexibility index (Phi) is 11.2. The summed E-state index contributed by atoms with van der Waals surface area (Å²) in [4.78, 5) is 4.34. The lowest BCUT2D eigenvalue weighted by Crippen LogP contribution is -2.43. The third kappa shape index (κ3) is 8.31. The van der Waals surface area contributed by atoms with Crippen molar-refractivity contribution in [3.8, 4) is 11.5 Å². The first kappa shape index (κ1) is 26.0. The molecule has 2 heterocycles. The van der Waals surface area contributed by atoms with E-state index < -0.39 is 0 Å². The Hall–Kier alpha value is -1.26. The average molecular weight is 547 g/mol. The second-order valence-electron chi connectivity index (χ2n) is 8.58. The molecule has 2 N–H and O–H groups in total. The van der Waals surface area contributed by atoms with E-state index in [0.29, 0.717) is 19.1 Å². The minimum absolute atomic E-state index is 0. The van der Waals surface area contributed by atoms with Crippen molar-refractivity contribution in [2.24, 2.45) is 10.9 Å². The second-order valence-corrected chi connectivity index (χ2v) is 8.58. The van der Waals surface area contributed by atoms with Gasteiger partial charge < -0.3 is 29.6 Å². The highest BCUT2D eigenvalue weighted by molar-refractivity contribution is 14.0. The van der Waals surface area contributed by atoms with Gasteiger partial charge in [0.2, 0.25) is 0 Å². The standard InChI is InChI=1S/C23H37N3O4.HI/c1-23(2,19-5-6-20-21(15-19)30-14-13-29-20)17-26-22(24-3)25-9-4-10-28-16-18-7-11-27-12-8-18;/h5-6,15,18H,4,7-14,16-17H2,1-3H3,(H2,24,25,26);1H. The smallest absolute Gasteiger partial charge is 0.191 e. The third-order valence-electron chi connectivity index (χ3n) is 5.70. The maximum Gasteiger partial charge on any atom is 0.191 e. The number of halogens is 1. The molecule has 2 aliphatic heterocycles. The first-order valence-corrected chi connectivity index (χ1v) is 11.1. The number of hydrogen-bond donors (Lipinski definition) is 2. The fraction of sp³-hybridized carbons (Fsp3) is 0.696. The average Bonchev–Trinajstić information content (AvgIpc) is 2.78. The number of fused-ring (bicyclic) bond motifs is 1. The number of guanidine groups is 1. The molecule has 0 unspecified atom stereocenters. The molecule has 0 bridgehead atoms. The minimum Gasteiger partial charge on any atom is -0.486 e. The van der Waals surface area contributed by atoms with Gasteiger partial charge >= 0.3 is 0 Å². The molecular formula is C23H38IN3O4. The highest BCUT2D eigenvalue weighted by Crippen LogP contribution is 2.34. The molecule has 3 rings (SSSR count). The van der Waals surface area contributed by atoms with Gasteiger partial charge in [-0.1, -0.05) is 19.9 Å². The number of nitrogens with zero attached hydrogens (tertiary/aromatic N) is 1. The van der Waals surface area contributed by atoms with Crippen LogP contribution in [-0.4, -0.2) is 65.7 Å². The molecule has 0 spiro atoms. The van der Waals surface area contributed by atoms with Gasteiger partial charge in [0.15, 0.2) is 17.5 Å². The zero-order valence-corrected chi connectivity index (χ0v) is 21.4. The van der Waals surface area contributed by atoms with Crippen LogP contribution in [0.1, 0.15) is 38.7 Å². The SMILES string of the molecule is CN=C(NCCCOCC1CCOCC1)NCC(C)(C)c1ccc2c(c1)OCCO2.I. The highest BCUT2D eigenvalue weighted by atomic mass is 127. The Labute approximate surface area is 203 Å². The molecule has 1 aromatic carbocycles. The summed E-state index contributed by atoms with van der Waals surface area (Å²) in [6, 6.07) is 6.20. The molecule has 0 aliphatic carbocycles. The van der Waals surface area contributed by atoms with E-state index in [1.165, 1.54) is 5.56 Å². The Morgan fingerprint density at radius 3 is 2.58 bits per heavy atom. The van der Waals surface area contributed by atoms with Crippen molar-refractivity contribution in [2.45, 2.75) is 38.5 Å². The summed E-state index contributed by atoms with van der Waals surface area (Å²) >= 11 is 0. The van der Waals surface area contributed by atoms with Crippen LogP contribution in [0.25, 0.3) is 0 Å². The van der Waals surface area contributed by atoms with Crippen molar-refractivity contribution in [1.29, 1.82) is 0 Å². The molecule has 176 valence electrons. The number of ether oxygens (including phenoxy) is 4. The molecule has 0 amide bonds. The summed E-state index contributed by atoms with van der Waals surface area (Å²) in [6.45, 7) is 10.6. The van der Waals surface area contributed by atoms with Gasteiger partial charge in [0.1, 0.15) is 13.2 Å². The van der Waals surface area contributed by atoms with Crippen LogP contribution in [0.5, 0.6) is 11.5 Å². The molecular weight excluding hydrogens is 509 g/mol. The summed E-state index contributed by atoms with van der Waals surface area (Å²) in [5, 5.41) is 6.82. The number of aliphatic imine (C=N–C) groups is 1. The lowest BCUT2D eigenvalue weighted by Gasteiger charge is -2.28. The van der Waals surface area contributed by atoms with Gasteiger partial charge in [0.05, 0.1) is 0 Å². The fourth-order valence-corrected chi connectivity index (χ4v) is 3.64. The fourth-order valence-electron chi connectivity index (χ4n) is 3.64. The van der Waals surface area contributed by atoms with Gasteiger partial charge in [-0.2, -0.15) is 0 Å². The van der Waals surface area contributed by atoms with Crippen LogP contribution < -0.4 is 20.1 Å². The van der Waals surface area contributed by atoms with Gasteiger partial charge in [-0.25, -0.2) is 0 Å². The van der Waals surface area contributed by atoms with Gasteiger partial charge in [-0.05, 0) is 42.9 Å². The van der Waals surface area contributed by atoms with E-state index in [1.807, 2.05) is 6.07 Å². The molecule has 7 nitrogen and oxygen atoms in total. The maximum absolute atomic E-state index is 5.83. The zero-order chi connectivity index (χ0) is 21.2. The largest absolute Gasteiger partial charge is 0.486 e. The van der Waals surface area contributed by atoms with E-state index in [2.05, 4.69) is 41.6 Å². The summed E-state index contributed by atoms with van der Waals surface area (Å²) in [5.74, 6) is 3.12. The lowest BCUT2D eigenvalue weighted by atomic mass is 9.84. The summed E-state index contributed by atoms with van der Waals surface area (Å²) < 4.78 is 22.6. The number of nitrogens with one attached hydrogen (secondary N) is 2. The predicted octanol–water partition coefficient (Wildman–Crippen LogP) is 3.35. The summed E-state index contributed by atoms with van der Waals surface area (Å²) in [5.41, 5.74) is 1.12. The second kappa shape index (κ2) is 13.3. The molecule has 1 saturated heterocycles. The van der Waals surface area contributed by atoms with Gasteiger partial charge in [-0.15, -0.1) is 24.0 Å². The topological polar surface area (TPSA) is 73.3 Å². The molecule has 0 radical (unpaired) electrons. The Morgan fingerprint density at radius 2 is 1.84 bits per heavy atom. The van der Waals surface area contributed by atoms with Crippen molar-refractivity contribution >= 4 is 29.9 Å². The Balaban J connectivity index is 0.00000341. The van der Waals surface area contributed by atoms with E-state index in [1.54, 1.807) is 7.05 Å². The molecule has 0 aromatic heterocycles. The van der Waals surface area contributed by atoms with E-state index in [0.717, 1.165) is 76.2 Å². The first-order chi connectivity index (χ1) is 14.6. The van der Waals surface area contributed by atoms with Crippen molar-refractivity contribution < 1.29 is 18.9 Å². The molecule has 1 aromatic rings. The summed E-state index contributed by atoms with van der Waals surface area (Å²) in [6.07, 6.45) is 3.19. The predicted molar refractivity (Wildman–Crippen MR) is 134 cm³/mol. The third-order valence-corrected chi connectivity index (χ3v) is 5.70. The van der Waals surface area contributed by atoms with Crippen LogP contribution in [0.4, 0.5) is 0 Å². The van der Waals surface area contributed by atoms with E-state index >= 15 is 0 Å². The van der Waals surface area contributed by atoms with Crippen molar-refractivity contribution in [2.75, 3.05) is 59.8 Å².